The summed E-state index contributed by atoms with van der Waals surface area (Å²) in [6.07, 6.45) is 19.6. The lowest BCUT2D eigenvalue weighted by Gasteiger charge is -2.45. The van der Waals surface area contributed by atoms with E-state index in [1.165, 1.54) is 44.9 Å². The van der Waals surface area contributed by atoms with Crippen molar-refractivity contribution in [2.24, 2.45) is 29.1 Å². The Balaban J connectivity index is 1.73. The SMILES string of the molecule is CCC(C)(C1C=CC2=C1C(C)CCC2)C1C=CC2=C1C(C)CCC2. The number of allylic oxidation sites excluding steroid dienone is 8. The molecular formula is C24H34. The van der Waals surface area contributed by atoms with Crippen molar-refractivity contribution >= 4 is 0 Å². The lowest BCUT2D eigenvalue weighted by atomic mass is 9.59. The first kappa shape index (κ1) is 16.4. The molecule has 0 nitrogen and oxygen atoms in total. The van der Waals surface area contributed by atoms with E-state index in [4.69, 9.17) is 0 Å². The molecule has 0 saturated carbocycles. The van der Waals surface area contributed by atoms with Gasteiger partial charge in [0.1, 0.15) is 0 Å². The van der Waals surface area contributed by atoms with Gasteiger partial charge in [-0.15, -0.1) is 0 Å². The van der Waals surface area contributed by atoms with Crippen LogP contribution in [0.4, 0.5) is 0 Å². The third-order valence-electron chi connectivity index (χ3n) is 7.80. The van der Waals surface area contributed by atoms with Gasteiger partial charge in [-0.2, -0.15) is 0 Å². The van der Waals surface area contributed by atoms with Crippen LogP contribution >= 0.6 is 0 Å². The zero-order valence-corrected chi connectivity index (χ0v) is 16.1. The lowest BCUT2D eigenvalue weighted by molar-refractivity contribution is 0.173. The molecule has 0 heterocycles. The number of hydrogen-bond acceptors (Lipinski definition) is 0. The van der Waals surface area contributed by atoms with Gasteiger partial charge in [0.2, 0.25) is 0 Å². The van der Waals surface area contributed by atoms with Crippen molar-refractivity contribution in [2.75, 3.05) is 0 Å². The molecule has 0 N–H and O–H groups in total. The first-order chi connectivity index (χ1) is 11.6. The monoisotopic (exact) mass is 322 g/mol. The third kappa shape index (κ3) is 2.32. The normalized spacial score (nSPS) is 37.7. The highest BCUT2D eigenvalue weighted by Crippen LogP contribution is 2.57. The summed E-state index contributed by atoms with van der Waals surface area (Å²) in [7, 11) is 0. The van der Waals surface area contributed by atoms with Crippen molar-refractivity contribution in [1.82, 2.24) is 0 Å². The highest BCUT2D eigenvalue weighted by atomic mass is 14.5. The van der Waals surface area contributed by atoms with Crippen LogP contribution in [0.1, 0.15) is 72.6 Å². The van der Waals surface area contributed by atoms with E-state index < -0.39 is 0 Å². The first-order valence-electron chi connectivity index (χ1n) is 10.4. The molecule has 0 fully saturated rings. The van der Waals surface area contributed by atoms with E-state index in [1.54, 1.807) is 22.3 Å². The summed E-state index contributed by atoms with van der Waals surface area (Å²) in [5.41, 5.74) is 7.32. The highest BCUT2D eigenvalue weighted by Gasteiger charge is 2.47. The molecule has 4 aliphatic carbocycles. The van der Waals surface area contributed by atoms with Gasteiger partial charge in [-0.25, -0.2) is 0 Å². The van der Waals surface area contributed by atoms with Crippen LogP contribution < -0.4 is 0 Å². The molecular weight excluding hydrogens is 288 g/mol. The van der Waals surface area contributed by atoms with Crippen LogP contribution in [0.5, 0.6) is 0 Å². The van der Waals surface area contributed by atoms with Crippen LogP contribution in [0.3, 0.4) is 0 Å². The molecule has 0 heteroatoms. The van der Waals surface area contributed by atoms with Gasteiger partial charge in [0.05, 0.1) is 0 Å². The van der Waals surface area contributed by atoms with Crippen molar-refractivity contribution in [3.8, 4) is 0 Å². The Bertz CT molecular complexity index is 587. The molecule has 0 aliphatic heterocycles. The summed E-state index contributed by atoms with van der Waals surface area (Å²) in [5.74, 6) is 2.87. The van der Waals surface area contributed by atoms with Crippen LogP contribution in [-0.2, 0) is 0 Å². The molecule has 0 radical (unpaired) electrons. The second kappa shape index (κ2) is 6.04. The van der Waals surface area contributed by atoms with E-state index in [0.29, 0.717) is 17.3 Å². The molecule has 24 heavy (non-hydrogen) atoms. The fraction of sp³-hybridized carbons (Fsp3) is 0.667. The van der Waals surface area contributed by atoms with Crippen molar-refractivity contribution in [2.45, 2.75) is 72.6 Å². The van der Waals surface area contributed by atoms with E-state index in [-0.39, 0.29) is 0 Å². The van der Waals surface area contributed by atoms with E-state index in [2.05, 4.69) is 52.0 Å². The zero-order chi connectivity index (χ0) is 16.9. The highest BCUT2D eigenvalue weighted by molar-refractivity contribution is 5.46. The maximum absolute atomic E-state index is 2.59. The molecule has 4 unspecified atom stereocenters. The van der Waals surface area contributed by atoms with Crippen LogP contribution in [-0.4, -0.2) is 0 Å². The maximum Gasteiger partial charge on any atom is 0.00509 e. The predicted molar refractivity (Wildman–Crippen MR) is 104 cm³/mol. The standard InChI is InChI=1S/C24H34/c1-5-24(4,20-14-12-18-10-6-8-16(2)22(18)20)21-15-13-19-11-7-9-17(3)23(19)21/h12-17,20-21H,5-11H2,1-4H3. The van der Waals surface area contributed by atoms with Gasteiger partial charge in [0.15, 0.2) is 0 Å². The van der Waals surface area contributed by atoms with Gasteiger partial charge < -0.3 is 0 Å². The Morgan fingerprint density at radius 2 is 1.33 bits per heavy atom. The molecule has 0 amide bonds. The summed E-state index contributed by atoms with van der Waals surface area (Å²) in [6.45, 7) is 9.97. The molecule has 4 atom stereocenters. The Morgan fingerprint density at radius 1 is 0.875 bits per heavy atom. The molecule has 0 aromatic carbocycles. The van der Waals surface area contributed by atoms with Gasteiger partial charge in [-0.1, -0.05) is 63.1 Å². The quantitative estimate of drug-likeness (QED) is 0.524. The fourth-order valence-corrected chi connectivity index (χ4v) is 6.22. The Kier molecular flexibility index (Phi) is 4.14. The van der Waals surface area contributed by atoms with Crippen molar-refractivity contribution in [3.05, 3.63) is 46.6 Å². The van der Waals surface area contributed by atoms with Crippen LogP contribution in [0, 0.1) is 29.1 Å². The molecule has 0 aromatic heterocycles. The fourth-order valence-electron chi connectivity index (χ4n) is 6.22. The zero-order valence-electron chi connectivity index (χ0n) is 16.1. The minimum absolute atomic E-state index is 0.346. The molecule has 130 valence electrons. The van der Waals surface area contributed by atoms with E-state index in [9.17, 15) is 0 Å². The Hall–Kier alpha value is -1.04. The van der Waals surface area contributed by atoms with E-state index >= 15 is 0 Å². The molecule has 0 spiro atoms. The Labute approximate surface area is 148 Å². The van der Waals surface area contributed by atoms with Crippen LogP contribution in [0.15, 0.2) is 46.6 Å². The van der Waals surface area contributed by atoms with Crippen LogP contribution in [0.2, 0.25) is 0 Å². The lowest BCUT2D eigenvalue weighted by Crippen LogP contribution is -2.37. The molecule has 0 aromatic rings. The third-order valence-corrected chi connectivity index (χ3v) is 7.80. The molecule has 0 bridgehead atoms. The summed E-state index contributed by atoms with van der Waals surface area (Å²) in [6, 6.07) is 0. The maximum atomic E-state index is 2.59. The molecule has 4 aliphatic rings. The van der Waals surface area contributed by atoms with E-state index in [0.717, 1.165) is 11.8 Å². The van der Waals surface area contributed by atoms with Gasteiger partial charge in [0.25, 0.3) is 0 Å². The summed E-state index contributed by atoms with van der Waals surface area (Å²) >= 11 is 0. The van der Waals surface area contributed by atoms with Crippen molar-refractivity contribution in [1.29, 1.82) is 0 Å². The Morgan fingerprint density at radius 3 is 1.75 bits per heavy atom. The number of hydrogen-bond donors (Lipinski definition) is 0. The summed E-state index contributed by atoms with van der Waals surface area (Å²) in [4.78, 5) is 0. The number of rotatable bonds is 3. The minimum atomic E-state index is 0.346. The smallest absolute Gasteiger partial charge is 0.00509 e. The van der Waals surface area contributed by atoms with Crippen molar-refractivity contribution < 1.29 is 0 Å². The van der Waals surface area contributed by atoms with Crippen LogP contribution in [0.25, 0.3) is 0 Å². The van der Waals surface area contributed by atoms with Gasteiger partial charge in [-0.05, 0) is 73.3 Å². The average molecular weight is 323 g/mol. The first-order valence-corrected chi connectivity index (χ1v) is 10.4. The largest absolute Gasteiger partial charge is 0.0765 e. The minimum Gasteiger partial charge on any atom is -0.0765 e. The average Bonchev–Trinajstić information content (AvgIpc) is 3.20. The van der Waals surface area contributed by atoms with E-state index in [1.807, 2.05) is 0 Å². The second-order valence-corrected chi connectivity index (χ2v) is 9.08. The van der Waals surface area contributed by atoms with Gasteiger partial charge in [-0.3, -0.25) is 0 Å². The van der Waals surface area contributed by atoms with Gasteiger partial charge >= 0.3 is 0 Å². The van der Waals surface area contributed by atoms with Gasteiger partial charge in [0, 0.05) is 11.8 Å². The molecule has 4 rings (SSSR count). The topological polar surface area (TPSA) is 0 Å². The molecule has 0 saturated heterocycles. The summed E-state index contributed by atoms with van der Waals surface area (Å²) < 4.78 is 0. The predicted octanol–water partition coefficient (Wildman–Crippen LogP) is 7.01. The summed E-state index contributed by atoms with van der Waals surface area (Å²) in [5, 5.41) is 0. The van der Waals surface area contributed by atoms with Crippen molar-refractivity contribution in [3.63, 3.8) is 0 Å². The second-order valence-electron chi connectivity index (χ2n) is 9.08.